The van der Waals surface area contributed by atoms with E-state index in [2.05, 4.69) is 199 Å². The summed E-state index contributed by atoms with van der Waals surface area (Å²) >= 11 is 0. The van der Waals surface area contributed by atoms with Crippen molar-refractivity contribution in [1.29, 1.82) is 0 Å². The summed E-state index contributed by atoms with van der Waals surface area (Å²) in [5.74, 6) is 0. The Bertz CT molecular complexity index is 2580. The summed E-state index contributed by atoms with van der Waals surface area (Å²) in [6.07, 6.45) is 0. The Labute approximate surface area is 307 Å². The third-order valence-electron chi connectivity index (χ3n) is 12.4. The van der Waals surface area contributed by atoms with Crippen molar-refractivity contribution in [1.82, 2.24) is 0 Å². The molecule has 4 aliphatic rings. The minimum atomic E-state index is -2.02. The van der Waals surface area contributed by atoms with Gasteiger partial charge in [0.2, 0.25) is 0 Å². The van der Waals surface area contributed by atoms with E-state index < -0.39 is 8.07 Å². The topological polar surface area (TPSA) is 9.72 Å². The van der Waals surface area contributed by atoms with Crippen LogP contribution in [0.4, 0.5) is 51.2 Å². The second kappa shape index (κ2) is 10.4. The van der Waals surface area contributed by atoms with E-state index in [0.717, 1.165) is 0 Å². The Morgan fingerprint density at radius 3 is 1.67 bits per heavy atom. The van der Waals surface area contributed by atoms with Crippen molar-refractivity contribution in [2.45, 2.75) is 32.4 Å². The Morgan fingerprint density at radius 1 is 0.442 bits per heavy atom. The van der Waals surface area contributed by atoms with Crippen LogP contribution in [0.1, 0.15) is 25.0 Å². The third kappa shape index (κ3) is 3.76. The molecule has 4 aliphatic heterocycles. The van der Waals surface area contributed by atoms with Crippen LogP contribution < -0.4 is 41.5 Å². The molecule has 248 valence electrons. The highest BCUT2D eigenvalue weighted by Gasteiger charge is 2.49. The summed E-state index contributed by atoms with van der Waals surface area (Å²) < 4.78 is 0. The molecule has 0 fully saturated rings. The van der Waals surface area contributed by atoms with Crippen molar-refractivity contribution in [3.05, 3.63) is 169 Å². The second-order valence-electron chi connectivity index (χ2n) is 15.8. The van der Waals surface area contributed by atoms with Gasteiger partial charge in [0.15, 0.2) is 0 Å². The van der Waals surface area contributed by atoms with Gasteiger partial charge in [-0.25, -0.2) is 0 Å². The number of benzene rings is 7. The molecule has 4 heterocycles. The summed E-state index contributed by atoms with van der Waals surface area (Å²) in [4.78, 5) is 7.68. The van der Waals surface area contributed by atoms with Crippen molar-refractivity contribution >= 4 is 92.7 Å². The molecular weight excluding hydrogens is 645 g/mol. The molecule has 0 spiro atoms. The maximum Gasteiger partial charge on any atom is 0.252 e. The zero-order valence-electron chi connectivity index (χ0n) is 29.9. The van der Waals surface area contributed by atoms with E-state index in [4.69, 9.17) is 0 Å². The fourth-order valence-corrected chi connectivity index (χ4v) is 13.0. The van der Waals surface area contributed by atoms with E-state index in [1.165, 1.54) is 89.1 Å². The number of hydrogen-bond donors (Lipinski definition) is 0. The molecule has 0 aromatic heterocycles. The van der Waals surface area contributed by atoms with Crippen molar-refractivity contribution in [2.75, 3.05) is 14.7 Å². The van der Waals surface area contributed by atoms with Crippen molar-refractivity contribution in [3.63, 3.8) is 0 Å². The van der Waals surface area contributed by atoms with Crippen LogP contribution in [0.15, 0.2) is 158 Å². The average molecular weight is 684 g/mol. The molecule has 0 atom stereocenters. The van der Waals surface area contributed by atoms with Crippen LogP contribution in [0.5, 0.6) is 0 Å². The highest BCUT2D eigenvalue weighted by molar-refractivity contribution is 7.05. The molecule has 7 aromatic carbocycles. The summed E-state index contributed by atoms with van der Waals surface area (Å²) in [6, 6.07) is 59.4. The minimum Gasteiger partial charge on any atom is -0.312 e. The molecule has 0 saturated heterocycles. The predicted molar refractivity (Wildman–Crippen MR) is 224 cm³/mol. The van der Waals surface area contributed by atoms with Gasteiger partial charge in [-0.15, -0.1) is 0 Å². The van der Waals surface area contributed by atoms with E-state index in [1.54, 1.807) is 0 Å². The highest BCUT2D eigenvalue weighted by atomic mass is 28.3. The van der Waals surface area contributed by atoms with Crippen LogP contribution in [-0.2, 0) is 5.41 Å². The standard InChI is InChI=1S/C47H38BN3Si/c1-47(2)33-19-8-11-23-37(33)50(38-24-12-9-20-34(38)47)32-29-41-45-42(30-32)51-40-26-14-15-27-43(40)52(3,4)44-28-16-22-36(46(44)51)48(45)35-21-10-13-25-39(35)49(41)31-17-6-5-7-18-31/h5-30H,1-4H3. The second-order valence-corrected chi connectivity index (χ2v) is 20.1. The number of nitrogens with zero attached hydrogens (tertiary/aromatic N) is 3. The monoisotopic (exact) mass is 683 g/mol. The van der Waals surface area contributed by atoms with Crippen molar-refractivity contribution < 1.29 is 0 Å². The molecule has 0 bridgehead atoms. The first-order valence-electron chi connectivity index (χ1n) is 18.5. The van der Waals surface area contributed by atoms with Gasteiger partial charge in [0.05, 0.1) is 17.1 Å². The van der Waals surface area contributed by atoms with Crippen molar-refractivity contribution in [3.8, 4) is 0 Å². The van der Waals surface area contributed by atoms with Gasteiger partial charge in [0.1, 0.15) is 8.07 Å². The van der Waals surface area contributed by atoms with Crippen LogP contribution in [0.2, 0.25) is 13.1 Å². The lowest BCUT2D eigenvalue weighted by Crippen LogP contribution is -2.67. The molecule has 5 heteroatoms. The first-order valence-corrected chi connectivity index (χ1v) is 21.5. The first-order chi connectivity index (χ1) is 25.4. The van der Waals surface area contributed by atoms with Gasteiger partial charge in [-0.1, -0.05) is 136 Å². The first kappa shape index (κ1) is 29.9. The van der Waals surface area contributed by atoms with Gasteiger partial charge < -0.3 is 14.7 Å². The molecule has 52 heavy (non-hydrogen) atoms. The Morgan fingerprint density at radius 2 is 0.962 bits per heavy atom. The van der Waals surface area contributed by atoms with Gasteiger partial charge >= 0.3 is 0 Å². The van der Waals surface area contributed by atoms with E-state index in [0.29, 0.717) is 0 Å². The molecule has 0 radical (unpaired) electrons. The van der Waals surface area contributed by atoms with E-state index in [9.17, 15) is 0 Å². The number of hydrogen-bond acceptors (Lipinski definition) is 3. The van der Waals surface area contributed by atoms with Gasteiger partial charge in [-0.05, 0) is 86.4 Å². The quantitative estimate of drug-likeness (QED) is 0.169. The Kier molecular flexibility index (Phi) is 5.98. The summed E-state index contributed by atoms with van der Waals surface area (Å²) in [5.41, 5.74) is 17.9. The molecular formula is C47H38BN3Si. The van der Waals surface area contributed by atoms with Gasteiger partial charge in [-0.2, -0.15) is 0 Å². The van der Waals surface area contributed by atoms with Crippen LogP contribution in [0.3, 0.4) is 0 Å². The van der Waals surface area contributed by atoms with E-state index >= 15 is 0 Å². The number of para-hydroxylation sites is 6. The molecule has 0 saturated carbocycles. The lowest BCUT2D eigenvalue weighted by molar-refractivity contribution is 0.632. The normalized spacial score (nSPS) is 16.2. The summed E-state index contributed by atoms with van der Waals surface area (Å²) in [6.45, 7) is 9.91. The third-order valence-corrected chi connectivity index (χ3v) is 15.9. The number of fused-ring (bicyclic) bond motifs is 8. The van der Waals surface area contributed by atoms with Gasteiger partial charge in [-0.3, -0.25) is 0 Å². The van der Waals surface area contributed by atoms with Crippen LogP contribution in [0, 0.1) is 0 Å². The molecule has 0 N–H and O–H groups in total. The number of anilines is 9. The maximum atomic E-state index is 2.64. The number of rotatable bonds is 2. The smallest absolute Gasteiger partial charge is 0.252 e. The zero-order chi connectivity index (χ0) is 34.9. The lowest BCUT2D eigenvalue weighted by atomic mass is 9.33. The van der Waals surface area contributed by atoms with Crippen LogP contribution >= 0.6 is 0 Å². The predicted octanol–water partition coefficient (Wildman–Crippen LogP) is 9.01. The van der Waals surface area contributed by atoms with E-state index in [-0.39, 0.29) is 12.1 Å². The average Bonchev–Trinajstić information content (AvgIpc) is 3.18. The zero-order valence-corrected chi connectivity index (χ0v) is 30.9. The fourth-order valence-electron chi connectivity index (χ4n) is 10.0. The van der Waals surface area contributed by atoms with Gasteiger partial charge in [0, 0.05) is 39.5 Å². The molecule has 3 nitrogen and oxygen atoms in total. The maximum absolute atomic E-state index is 2.64. The Hall–Kier alpha value is -5.78. The Balaban J connectivity index is 1.29. The molecule has 7 aromatic rings. The fraction of sp³-hybridized carbons (Fsp3) is 0.106. The molecule has 0 amide bonds. The molecule has 0 aliphatic carbocycles. The van der Waals surface area contributed by atoms with Crippen LogP contribution in [-0.4, -0.2) is 14.8 Å². The largest absolute Gasteiger partial charge is 0.312 e. The lowest BCUT2D eigenvalue weighted by Gasteiger charge is -2.49. The van der Waals surface area contributed by atoms with E-state index in [1.807, 2.05) is 0 Å². The molecule has 0 unspecified atom stereocenters. The molecule has 11 rings (SSSR count). The highest BCUT2D eigenvalue weighted by Crippen LogP contribution is 2.54. The van der Waals surface area contributed by atoms with Gasteiger partial charge in [0.25, 0.3) is 6.71 Å². The minimum absolute atomic E-state index is 0.108. The van der Waals surface area contributed by atoms with Crippen molar-refractivity contribution in [2.24, 2.45) is 0 Å². The van der Waals surface area contributed by atoms with Crippen LogP contribution in [0.25, 0.3) is 0 Å². The summed E-state index contributed by atoms with van der Waals surface area (Å²) in [5, 5.41) is 3.00. The summed E-state index contributed by atoms with van der Waals surface area (Å²) in [7, 11) is -2.02. The SMILES string of the molecule is CC1(C)c2ccccc2N(c2cc3c4c(c2)N2c5ccccc5[Si](C)(C)c5cccc(c52)B4c2ccccc2N3c2ccccc2)c2ccccc21.